The number of carbonyl (C=O) groups excluding carboxylic acids is 15. The van der Waals surface area contributed by atoms with Gasteiger partial charge in [0.25, 0.3) is 0 Å². The van der Waals surface area contributed by atoms with Crippen LogP contribution in [0.2, 0.25) is 0 Å². The second kappa shape index (κ2) is 45.6. The predicted octanol–water partition coefficient (Wildman–Crippen LogP) is -5.80. The summed E-state index contributed by atoms with van der Waals surface area (Å²) in [4.78, 5) is 238. The number of carbonyl (C=O) groups is 17. The standard InChI is InChI=1S/C73H109N19O22/c1-34(2)56(68(108)81-38(8)61(101)89-58(36(5)6)70(110)90-57(35(3)4)69(109)83-47(73(113)114)13-10-11-25-74)88-60(100)37(7)80-64(104)48(27-40-15-19-43(94)20-16-40)84-65(105)49(28-41-17-21-44(95)22-18-41)85-66(106)50(29-42-32-78-33-79-42)86-71(111)59(39(9)93)91-63(103)46(23-24-53(76)96)82-67(107)52-14-12-26-92(52)72(112)51(31-54(77)97)87-62(102)45(75)30-55(98)99/h15-22,32-39,45-52,56-59,93-95H,10-14,23-31,74-75H2,1-9H3,(H2,76,96)(H2,77,97)(H,78,79)(H,80,104)(H,81,108)(H,82,107)(H,83,109)(H,84,105)(H,85,106)(H,86,111)(H,87,102)(H,88,100)(H,89,101)(H,90,110)(H,91,103)(H,98,99)(H,113,114)/t37-,38-,39+,45-,46-,47-,48-,49-,50-,51-,52-,56-,57-,58-,59-/m0/s1. The van der Waals surface area contributed by atoms with Gasteiger partial charge < -0.3 is 122 Å². The number of aliphatic hydroxyl groups excluding tert-OH is 1. The normalized spacial score (nSPS) is 16.3. The van der Waals surface area contributed by atoms with E-state index in [1.165, 1.54) is 74.9 Å². The van der Waals surface area contributed by atoms with Crippen molar-refractivity contribution in [3.05, 3.63) is 77.9 Å². The molecule has 41 heteroatoms. The van der Waals surface area contributed by atoms with Crippen molar-refractivity contribution in [1.29, 1.82) is 0 Å². The number of primary amides is 2. The first-order valence-electron chi connectivity index (χ1n) is 37.1. The zero-order valence-corrected chi connectivity index (χ0v) is 64.9. The second-order valence-electron chi connectivity index (χ2n) is 29.0. The first kappa shape index (κ1) is 94.5. The molecule has 15 atom stereocenters. The summed E-state index contributed by atoms with van der Waals surface area (Å²) in [5.74, 6) is -19.9. The lowest BCUT2D eigenvalue weighted by Crippen LogP contribution is -2.62. The average molecular weight is 1600 g/mol. The molecule has 2 aromatic carbocycles. The number of phenolic OH excluding ortho intramolecular Hbond substituents is 2. The van der Waals surface area contributed by atoms with Crippen molar-refractivity contribution in [2.45, 2.75) is 230 Å². The molecule has 3 aromatic rings. The zero-order chi connectivity index (χ0) is 85.5. The summed E-state index contributed by atoms with van der Waals surface area (Å²) in [6.45, 7) is 13.4. The maximum absolute atomic E-state index is 15.0. The highest BCUT2D eigenvalue weighted by Crippen LogP contribution is 2.22. The predicted molar refractivity (Wildman–Crippen MR) is 404 cm³/mol. The van der Waals surface area contributed by atoms with Crippen molar-refractivity contribution in [1.82, 2.24) is 78.7 Å². The zero-order valence-electron chi connectivity index (χ0n) is 64.9. The fourth-order valence-electron chi connectivity index (χ4n) is 11.9. The minimum Gasteiger partial charge on any atom is -0.508 e. The number of benzene rings is 2. The summed E-state index contributed by atoms with van der Waals surface area (Å²) in [6, 6.07) is -10.8. The van der Waals surface area contributed by atoms with Crippen LogP contribution in [0.4, 0.5) is 0 Å². The van der Waals surface area contributed by atoms with E-state index in [0.717, 1.165) is 11.8 Å². The number of amides is 15. The van der Waals surface area contributed by atoms with E-state index in [1.807, 2.05) is 0 Å². The van der Waals surface area contributed by atoms with Crippen LogP contribution < -0.4 is 86.7 Å². The van der Waals surface area contributed by atoms with Crippen LogP contribution in [-0.4, -0.2) is 245 Å². The van der Waals surface area contributed by atoms with Crippen LogP contribution in [0.3, 0.4) is 0 Å². The number of carboxylic acids is 2. The number of aliphatic hydroxyl groups is 1. The number of nitrogens with one attached hydrogen (secondary N) is 13. The van der Waals surface area contributed by atoms with Gasteiger partial charge in [0, 0.05) is 44.1 Å². The van der Waals surface area contributed by atoms with Crippen LogP contribution in [0.25, 0.3) is 0 Å². The molecule has 41 nitrogen and oxygen atoms in total. The van der Waals surface area contributed by atoms with Gasteiger partial charge in [0.2, 0.25) is 88.6 Å². The van der Waals surface area contributed by atoms with Crippen LogP contribution in [0, 0.1) is 17.8 Å². The van der Waals surface area contributed by atoms with Gasteiger partial charge in [-0.1, -0.05) is 65.8 Å². The van der Waals surface area contributed by atoms with E-state index < -0.39 is 241 Å². The number of hydrogen-bond acceptors (Lipinski definition) is 23. The lowest BCUT2D eigenvalue weighted by molar-refractivity contribution is -0.144. The molecule has 0 radical (unpaired) electrons. The molecule has 0 bridgehead atoms. The number of unbranched alkanes of at least 4 members (excludes halogenated alkanes) is 1. The molecule has 0 saturated carbocycles. The Bertz CT molecular complexity index is 3860. The van der Waals surface area contributed by atoms with Crippen molar-refractivity contribution in [3.63, 3.8) is 0 Å². The Kier molecular flexibility index (Phi) is 37.8. The number of aromatic nitrogens is 2. The van der Waals surface area contributed by atoms with Gasteiger partial charge in [-0.2, -0.15) is 0 Å². The Balaban J connectivity index is 1.58. The number of phenols is 2. The van der Waals surface area contributed by atoms with E-state index in [-0.39, 0.29) is 55.8 Å². The number of nitrogens with two attached hydrogens (primary N) is 4. The molecule has 628 valence electrons. The monoisotopic (exact) mass is 1600 g/mol. The summed E-state index contributed by atoms with van der Waals surface area (Å²) < 4.78 is 0. The number of aromatic hydroxyl groups is 2. The maximum Gasteiger partial charge on any atom is 0.326 e. The molecule has 4 rings (SSSR count). The van der Waals surface area contributed by atoms with Gasteiger partial charge in [0.15, 0.2) is 0 Å². The topological polar surface area (TPSA) is 672 Å². The Morgan fingerprint density at radius 2 is 0.904 bits per heavy atom. The van der Waals surface area contributed by atoms with E-state index in [4.69, 9.17) is 28.0 Å². The molecule has 1 aliphatic rings. The number of imidazole rings is 1. The van der Waals surface area contributed by atoms with Crippen LogP contribution in [-0.2, 0) is 101 Å². The van der Waals surface area contributed by atoms with Gasteiger partial charge in [-0.15, -0.1) is 0 Å². The number of aromatic amines is 1. The molecular weight excluding hydrogens is 1490 g/mol. The van der Waals surface area contributed by atoms with E-state index >= 15 is 0 Å². The highest BCUT2D eigenvalue weighted by Gasteiger charge is 2.42. The van der Waals surface area contributed by atoms with Crippen LogP contribution in [0.5, 0.6) is 11.5 Å². The molecule has 114 heavy (non-hydrogen) atoms. The van der Waals surface area contributed by atoms with E-state index in [9.17, 15) is 102 Å². The molecule has 0 spiro atoms. The van der Waals surface area contributed by atoms with Crippen molar-refractivity contribution >= 4 is 101 Å². The summed E-state index contributed by atoms with van der Waals surface area (Å²) in [6.07, 6.45) is -2.08. The summed E-state index contributed by atoms with van der Waals surface area (Å²) in [7, 11) is 0. The third-order valence-electron chi connectivity index (χ3n) is 18.4. The smallest absolute Gasteiger partial charge is 0.326 e. The fraction of sp³-hybridized carbons (Fsp3) is 0.562. The number of aliphatic carboxylic acids is 2. The summed E-state index contributed by atoms with van der Waals surface area (Å²) in [5.41, 5.74) is 22.9. The fourth-order valence-corrected chi connectivity index (χ4v) is 11.9. The second-order valence-corrected chi connectivity index (χ2v) is 29.0. The number of likely N-dealkylation sites (tertiary alicyclic amines) is 1. The Hall–Kier alpha value is -11.9. The molecule has 0 unspecified atom stereocenters. The number of rotatable bonds is 47. The van der Waals surface area contributed by atoms with E-state index in [2.05, 4.69) is 73.8 Å². The van der Waals surface area contributed by atoms with Crippen LogP contribution in [0.1, 0.15) is 137 Å². The Morgan fingerprint density at radius 1 is 0.482 bits per heavy atom. The molecule has 15 amide bonds. The number of H-pyrrole nitrogens is 1. The molecule has 1 fully saturated rings. The first-order valence-corrected chi connectivity index (χ1v) is 37.1. The third kappa shape index (κ3) is 30.7. The van der Waals surface area contributed by atoms with Gasteiger partial charge in [-0.25, -0.2) is 9.78 Å². The number of nitrogens with zero attached hydrogens (tertiary/aromatic N) is 2. The van der Waals surface area contributed by atoms with Crippen molar-refractivity contribution < 1.29 is 107 Å². The number of hydrogen-bond donors (Lipinski definition) is 22. The lowest BCUT2D eigenvalue weighted by atomic mass is 9.98. The molecule has 1 saturated heterocycles. The molecular formula is C73H109N19O22. The Morgan fingerprint density at radius 3 is 1.35 bits per heavy atom. The average Bonchev–Trinajstić information content (AvgIpc) is 1.56. The molecule has 2 heterocycles. The Labute approximate surface area is 657 Å². The quantitative estimate of drug-likeness (QED) is 0.0234. The van der Waals surface area contributed by atoms with E-state index in [1.54, 1.807) is 41.5 Å². The van der Waals surface area contributed by atoms with Crippen molar-refractivity contribution in [2.75, 3.05) is 13.1 Å². The van der Waals surface area contributed by atoms with Crippen molar-refractivity contribution in [2.24, 2.45) is 40.7 Å². The van der Waals surface area contributed by atoms with Gasteiger partial charge in [0.1, 0.15) is 90.0 Å². The van der Waals surface area contributed by atoms with Gasteiger partial charge in [-0.05, 0) is 119 Å². The minimum absolute atomic E-state index is 0.0548. The highest BCUT2D eigenvalue weighted by molar-refractivity contribution is 6.01. The van der Waals surface area contributed by atoms with Crippen molar-refractivity contribution in [3.8, 4) is 11.5 Å². The first-order chi connectivity index (χ1) is 53.5. The van der Waals surface area contributed by atoms with E-state index in [0.29, 0.717) is 30.5 Å². The third-order valence-corrected chi connectivity index (χ3v) is 18.4. The van der Waals surface area contributed by atoms with Gasteiger partial charge in [0.05, 0.1) is 31.3 Å². The molecule has 0 aliphatic carbocycles. The molecule has 26 N–H and O–H groups in total. The van der Waals surface area contributed by atoms with Gasteiger partial charge >= 0.3 is 11.9 Å². The largest absolute Gasteiger partial charge is 0.508 e. The SMILES string of the molecule is CC(C)[C@H](NC(=O)[C@H](C)NC(=O)[C@H](Cc1ccc(O)cc1)NC(=O)[C@H](Cc1ccc(O)cc1)NC(=O)[C@H](Cc1cnc[nH]1)NC(=O)[C@@H](NC(=O)[C@H](CCC(N)=O)NC(=O)[C@@H]1CCCN1C(=O)[C@H](CC(N)=O)NC(=O)[C@@H](N)CC(=O)O)[C@@H](C)O)C(=O)N[C@@H](C)C(=O)N[C@H](C(=O)N[C@H](C(=O)N[C@@H](CCCCN)C(=O)O)C(C)C)C(C)C. The van der Waals surface area contributed by atoms with Crippen LogP contribution in [0.15, 0.2) is 61.1 Å². The lowest BCUT2D eigenvalue weighted by Gasteiger charge is -2.30. The molecule has 1 aromatic heterocycles. The maximum atomic E-state index is 15.0. The van der Waals surface area contributed by atoms with Gasteiger partial charge in [-0.3, -0.25) is 76.7 Å². The minimum atomic E-state index is -1.99. The number of carboxylic acid groups (broad SMARTS) is 2. The highest BCUT2D eigenvalue weighted by atomic mass is 16.4. The summed E-state index contributed by atoms with van der Waals surface area (Å²) >= 11 is 0. The summed E-state index contributed by atoms with van der Waals surface area (Å²) in [5, 5.41) is 80.3. The van der Waals surface area contributed by atoms with Crippen LogP contribution >= 0.6 is 0 Å². The molecule has 1 aliphatic heterocycles.